The fourth-order valence-corrected chi connectivity index (χ4v) is 2.43. The van der Waals surface area contributed by atoms with Gasteiger partial charge in [0, 0.05) is 18.1 Å². The van der Waals surface area contributed by atoms with E-state index in [0.717, 1.165) is 12.0 Å². The van der Waals surface area contributed by atoms with Crippen molar-refractivity contribution < 1.29 is 27.8 Å². The quantitative estimate of drug-likeness (QED) is 0.843. The van der Waals surface area contributed by atoms with E-state index in [2.05, 4.69) is 0 Å². The van der Waals surface area contributed by atoms with Crippen LogP contribution in [0.3, 0.4) is 0 Å². The molecule has 0 amide bonds. The molecule has 0 aliphatic carbocycles. The van der Waals surface area contributed by atoms with Crippen LogP contribution in [0.25, 0.3) is 10.8 Å². The minimum atomic E-state index is -4.62. The third-order valence-electron chi connectivity index (χ3n) is 3.35. The van der Waals surface area contributed by atoms with E-state index in [1.165, 1.54) is 37.4 Å². The van der Waals surface area contributed by atoms with Crippen LogP contribution in [-0.4, -0.2) is 30.2 Å². The van der Waals surface area contributed by atoms with Crippen LogP contribution in [0.4, 0.5) is 18.9 Å². The zero-order valence-electron chi connectivity index (χ0n) is 12.1. The molecule has 0 spiro atoms. The molecule has 23 heavy (non-hydrogen) atoms. The maximum Gasteiger partial charge on any atom is 0.420 e. The molecule has 0 radical (unpaired) electrons. The van der Waals surface area contributed by atoms with Crippen molar-refractivity contribution in [3.05, 3.63) is 35.9 Å². The van der Waals surface area contributed by atoms with Crippen molar-refractivity contribution in [3.8, 4) is 5.75 Å². The van der Waals surface area contributed by atoms with E-state index in [1.54, 1.807) is 0 Å². The number of benzene rings is 2. The molecule has 2 aromatic carbocycles. The molecule has 0 unspecified atom stereocenters. The van der Waals surface area contributed by atoms with Crippen molar-refractivity contribution in [1.29, 1.82) is 0 Å². The number of rotatable bonds is 2. The van der Waals surface area contributed by atoms with Crippen molar-refractivity contribution >= 4 is 39.6 Å². The molecule has 0 bridgehead atoms. The van der Waals surface area contributed by atoms with Gasteiger partial charge in [0.25, 0.3) is 0 Å². The van der Waals surface area contributed by atoms with Crippen molar-refractivity contribution in [2.24, 2.45) is 0 Å². The van der Waals surface area contributed by atoms with Gasteiger partial charge >= 0.3 is 12.1 Å². The lowest BCUT2D eigenvalue weighted by atomic mass is 10.0. The molecule has 2 rings (SSSR count). The van der Waals surface area contributed by atoms with Crippen LogP contribution in [0.2, 0.25) is 0 Å². The summed E-state index contributed by atoms with van der Waals surface area (Å²) in [6, 6.07) is 6.87. The highest BCUT2D eigenvalue weighted by Crippen LogP contribution is 2.43. The number of halogens is 3. The number of thiocarbonyl (C=S) groups is 1. The summed E-state index contributed by atoms with van der Waals surface area (Å²) in [6.07, 6.45) is -4.62. The summed E-state index contributed by atoms with van der Waals surface area (Å²) in [6.45, 7) is 0. The van der Waals surface area contributed by atoms with E-state index in [-0.39, 0.29) is 22.2 Å². The number of aliphatic carboxylic acids is 1. The van der Waals surface area contributed by atoms with E-state index in [4.69, 9.17) is 22.1 Å². The maximum absolute atomic E-state index is 13.4. The van der Waals surface area contributed by atoms with Gasteiger partial charge in [-0.3, -0.25) is 0 Å². The fourth-order valence-electron chi connectivity index (χ4n) is 2.33. The maximum atomic E-state index is 13.4. The second-order valence-corrected chi connectivity index (χ2v) is 5.07. The average molecular weight is 343 g/mol. The van der Waals surface area contributed by atoms with E-state index in [1.807, 2.05) is 0 Å². The topological polar surface area (TPSA) is 49.8 Å². The van der Waals surface area contributed by atoms with Gasteiger partial charge in [-0.2, -0.15) is 13.2 Å². The lowest BCUT2D eigenvalue weighted by Gasteiger charge is -2.21. The molecule has 1 N–H and O–H groups in total. The van der Waals surface area contributed by atoms with Gasteiger partial charge in [0.05, 0.1) is 7.11 Å². The minimum absolute atomic E-state index is 0.0885. The smallest absolute Gasteiger partial charge is 0.420 e. The van der Waals surface area contributed by atoms with Crippen LogP contribution in [0.1, 0.15) is 5.56 Å². The Balaban J connectivity index is 2.77. The van der Waals surface area contributed by atoms with Gasteiger partial charge in [-0.1, -0.05) is 24.4 Å². The van der Waals surface area contributed by atoms with E-state index < -0.39 is 22.7 Å². The number of fused-ring (bicyclic) bond motifs is 1. The largest absolute Gasteiger partial charge is 0.496 e. The molecular formula is C15H12F3NO3S. The van der Waals surface area contributed by atoms with Gasteiger partial charge in [0.1, 0.15) is 11.3 Å². The lowest BCUT2D eigenvalue weighted by Crippen LogP contribution is -2.31. The fraction of sp³-hybridized carbons (Fsp3) is 0.200. The number of carboxylic acid groups (broad SMARTS) is 1. The van der Waals surface area contributed by atoms with Crippen LogP contribution in [-0.2, 0) is 11.0 Å². The number of alkyl halides is 3. The number of methoxy groups -OCH3 is 1. The van der Waals surface area contributed by atoms with Crippen LogP contribution < -0.4 is 9.64 Å². The van der Waals surface area contributed by atoms with Crippen molar-refractivity contribution in [3.63, 3.8) is 0 Å². The molecule has 0 heterocycles. The van der Waals surface area contributed by atoms with Gasteiger partial charge in [-0.25, -0.2) is 4.79 Å². The second-order valence-electron chi connectivity index (χ2n) is 4.68. The Bertz CT molecular complexity index is 789. The summed E-state index contributed by atoms with van der Waals surface area (Å²) in [7, 11) is 2.55. The third kappa shape index (κ3) is 3.07. The molecule has 0 aliphatic heterocycles. The zero-order valence-corrected chi connectivity index (χ0v) is 13.0. The summed E-state index contributed by atoms with van der Waals surface area (Å²) >= 11 is 4.78. The van der Waals surface area contributed by atoms with Crippen molar-refractivity contribution in [2.75, 3.05) is 19.1 Å². The molecule has 4 nitrogen and oxygen atoms in total. The molecule has 0 saturated carbocycles. The molecule has 0 aliphatic rings. The molecular weight excluding hydrogens is 331 g/mol. The first-order valence-corrected chi connectivity index (χ1v) is 6.77. The Morgan fingerprint density at radius 3 is 2.39 bits per heavy atom. The van der Waals surface area contributed by atoms with E-state index >= 15 is 0 Å². The first-order chi connectivity index (χ1) is 10.7. The number of carbonyl (C=O) groups is 1. The molecule has 122 valence electrons. The van der Waals surface area contributed by atoms with Crippen LogP contribution in [0.5, 0.6) is 5.75 Å². The van der Waals surface area contributed by atoms with Gasteiger partial charge < -0.3 is 14.7 Å². The summed E-state index contributed by atoms with van der Waals surface area (Å²) < 4.78 is 44.9. The summed E-state index contributed by atoms with van der Waals surface area (Å²) in [5, 5.41) is 9.11. The van der Waals surface area contributed by atoms with Crippen molar-refractivity contribution in [1.82, 2.24) is 0 Å². The Morgan fingerprint density at radius 2 is 1.87 bits per heavy atom. The Morgan fingerprint density at radius 1 is 1.22 bits per heavy atom. The molecule has 0 atom stereocenters. The predicted octanol–water partition coefficient (Wildman–Crippen LogP) is 3.72. The highest BCUT2D eigenvalue weighted by Gasteiger charge is 2.36. The molecule has 0 saturated heterocycles. The highest BCUT2D eigenvalue weighted by atomic mass is 32.1. The Kier molecular flexibility index (Phi) is 4.46. The van der Waals surface area contributed by atoms with E-state index in [0.29, 0.717) is 0 Å². The van der Waals surface area contributed by atoms with Crippen LogP contribution >= 0.6 is 12.2 Å². The Labute approximate surface area is 135 Å². The monoisotopic (exact) mass is 343 g/mol. The normalized spacial score (nSPS) is 11.3. The standard InChI is InChI=1S/C15H12F3NO3S/c1-19(13(23)14(20)21)10-5-3-4-9-8(10)6-7-11(22-2)12(9)15(16,17)18/h3-7H,1-2H3,(H,20,21). The number of anilines is 1. The second kappa shape index (κ2) is 6.04. The average Bonchev–Trinajstić information content (AvgIpc) is 2.50. The molecule has 8 heteroatoms. The van der Waals surface area contributed by atoms with Gasteiger partial charge in [-0.15, -0.1) is 0 Å². The van der Waals surface area contributed by atoms with E-state index in [9.17, 15) is 18.0 Å². The third-order valence-corrected chi connectivity index (χ3v) is 3.80. The number of hydrogen-bond acceptors (Lipinski definition) is 3. The number of carboxylic acids is 1. The highest BCUT2D eigenvalue weighted by molar-refractivity contribution is 7.82. The minimum Gasteiger partial charge on any atom is -0.496 e. The molecule has 2 aromatic rings. The number of nitrogens with zero attached hydrogens (tertiary/aromatic N) is 1. The SMILES string of the molecule is COc1ccc2c(N(C)C(=S)C(=O)O)cccc2c1C(F)(F)F. The predicted molar refractivity (Wildman–Crippen MR) is 84.1 cm³/mol. The Hall–Kier alpha value is -2.35. The summed E-state index contributed by atoms with van der Waals surface area (Å²) in [4.78, 5) is 11.7. The summed E-state index contributed by atoms with van der Waals surface area (Å²) in [5.74, 6) is -1.63. The van der Waals surface area contributed by atoms with Gasteiger partial charge in [-0.05, 0) is 23.6 Å². The first kappa shape index (κ1) is 17.0. The first-order valence-electron chi connectivity index (χ1n) is 6.36. The molecule has 0 aromatic heterocycles. The molecule has 0 fully saturated rings. The summed E-state index contributed by atoms with van der Waals surface area (Å²) in [5.41, 5.74) is -0.642. The van der Waals surface area contributed by atoms with Crippen molar-refractivity contribution in [2.45, 2.75) is 6.18 Å². The number of ether oxygens (including phenoxy) is 1. The lowest BCUT2D eigenvalue weighted by molar-refractivity contribution is -0.137. The van der Waals surface area contributed by atoms with Gasteiger partial charge in [0.15, 0.2) is 4.99 Å². The van der Waals surface area contributed by atoms with Gasteiger partial charge in [0.2, 0.25) is 0 Å². The number of likely N-dealkylation sites (N-methyl/N-ethyl adjacent to an activating group) is 1. The van der Waals surface area contributed by atoms with Crippen LogP contribution in [0.15, 0.2) is 30.3 Å². The zero-order chi connectivity index (χ0) is 17.4. The van der Waals surface area contributed by atoms with Crippen LogP contribution in [0, 0.1) is 0 Å². The number of hydrogen-bond donors (Lipinski definition) is 1.